The van der Waals surface area contributed by atoms with Crippen molar-refractivity contribution >= 4 is 74.1 Å². The summed E-state index contributed by atoms with van der Waals surface area (Å²) in [5.41, 5.74) is 7.65. The molecular formula is C29H36N2P2S2. The van der Waals surface area contributed by atoms with Crippen LogP contribution in [0, 0.1) is 13.8 Å². The Labute approximate surface area is 221 Å². The summed E-state index contributed by atoms with van der Waals surface area (Å²) in [5, 5.41) is 5.31. The summed E-state index contributed by atoms with van der Waals surface area (Å²) in [7, 11) is 0. The van der Waals surface area contributed by atoms with Crippen molar-refractivity contribution in [3.8, 4) is 0 Å². The zero-order valence-corrected chi connectivity index (χ0v) is 25.6. The van der Waals surface area contributed by atoms with Crippen LogP contribution in [0.15, 0.2) is 48.5 Å². The van der Waals surface area contributed by atoms with Gasteiger partial charge in [0.2, 0.25) is 0 Å². The number of hydrogen-bond donors (Lipinski definition) is 0. The molecule has 0 aromatic heterocycles. The zero-order valence-electron chi connectivity index (χ0n) is 22.1. The van der Waals surface area contributed by atoms with E-state index < -0.39 is 12.2 Å². The summed E-state index contributed by atoms with van der Waals surface area (Å²) in [5.74, 6) is 0. The van der Waals surface area contributed by atoms with E-state index in [4.69, 9.17) is 23.6 Å². The van der Waals surface area contributed by atoms with Gasteiger partial charge in [-0.3, -0.25) is 4.67 Å². The highest BCUT2D eigenvalue weighted by Gasteiger charge is 2.46. The highest BCUT2D eigenvalue weighted by Crippen LogP contribution is 2.62. The van der Waals surface area contributed by atoms with Gasteiger partial charge in [-0.2, -0.15) is 0 Å². The Morgan fingerprint density at radius 3 is 1.83 bits per heavy atom. The van der Waals surface area contributed by atoms with Crippen LogP contribution in [0.1, 0.15) is 51.3 Å². The molecule has 35 heavy (non-hydrogen) atoms. The third-order valence-corrected chi connectivity index (χ3v) is 16.6. The van der Waals surface area contributed by atoms with Gasteiger partial charge in [0, 0.05) is 40.3 Å². The van der Waals surface area contributed by atoms with E-state index in [1.807, 2.05) is 0 Å². The van der Waals surface area contributed by atoms with Crippen LogP contribution < -0.4 is 26.1 Å². The monoisotopic (exact) mass is 538 g/mol. The molecule has 3 aromatic carbocycles. The molecular weight excluding hydrogens is 502 g/mol. The predicted octanol–water partition coefficient (Wildman–Crippen LogP) is 6.44. The van der Waals surface area contributed by atoms with Gasteiger partial charge >= 0.3 is 0 Å². The molecule has 0 aliphatic carbocycles. The summed E-state index contributed by atoms with van der Waals surface area (Å²) in [6.07, 6.45) is -2.25. The van der Waals surface area contributed by atoms with Gasteiger partial charge in [0.05, 0.1) is 23.3 Å². The molecule has 0 amide bonds. The van der Waals surface area contributed by atoms with Crippen molar-refractivity contribution in [1.29, 1.82) is 0 Å². The van der Waals surface area contributed by atoms with Crippen molar-refractivity contribution in [3.63, 3.8) is 0 Å². The van der Waals surface area contributed by atoms with Crippen molar-refractivity contribution in [2.45, 2.75) is 53.9 Å². The molecule has 0 spiro atoms. The van der Waals surface area contributed by atoms with Crippen LogP contribution >= 0.6 is 12.2 Å². The van der Waals surface area contributed by atoms with Gasteiger partial charge in [-0.15, -0.1) is 0 Å². The number of benzene rings is 3. The van der Waals surface area contributed by atoms with E-state index in [2.05, 4.69) is 113 Å². The summed E-state index contributed by atoms with van der Waals surface area (Å²) >= 11 is 13.5. The standard InChI is InChI=1S/C29H36N2P2S2/c1-9-30(10-2)33(35)25-16-20(4)12-14-23(25)31-22-13-11-19(3)15-24(22)32(8,34)26-17-21(29(5,6)7)18-27(33)28(26)31/h11-18H,9-10H2,1-8H3. The molecule has 2 heterocycles. The van der Waals surface area contributed by atoms with E-state index >= 15 is 0 Å². The van der Waals surface area contributed by atoms with E-state index in [-0.39, 0.29) is 5.41 Å². The highest BCUT2D eigenvalue weighted by molar-refractivity contribution is 8.22. The fourth-order valence-electron chi connectivity index (χ4n) is 5.61. The number of aryl methyl sites for hydroxylation is 2. The number of anilines is 3. The molecule has 2 aliphatic heterocycles. The molecule has 0 radical (unpaired) electrons. The Balaban J connectivity index is 2.02. The molecule has 5 rings (SSSR count). The van der Waals surface area contributed by atoms with Gasteiger partial charge in [-0.25, -0.2) is 0 Å². The van der Waals surface area contributed by atoms with E-state index in [9.17, 15) is 0 Å². The molecule has 2 atom stereocenters. The van der Waals surface area contributed by atoms with Gasteiger partial charge in [0.15, 0.2) is 0 Å². The molecule has 0 bridgehead atoms. The molecule has 2 aliphatic rings. The van der Waals surface area contributed by atoms with E-state index in [0.717, 1.165) is 13.1 Å². The lowest BCUT2D eigenvalue weighted by atomic mass is 9.87. The molecule has 6 heteroatoms. The SMILES string of the molecule is CCN(CC)P1(=S)c2cc(C)ccc2N2c3ccc(C)cc3P(C)(=S)c3cc(C(C)(C)C)cc1c32. The van der Waals surface area contributed by atoms with Crippen molar-refractivity contribution in [3.05, 3.63) is 65.2 Å². The van der Waals surface area contributed by atoms with Crippen LogP contribution in [0.2, 0.25) is 0 Å². The lowest BCUT2D eigenvalue weighted by molar-refractivity contribution is 0.513. The number of nitrogens with zero attached hydrogens (tertiary/aromatic N) is 2. The topological polar surface area (TPSA) is 6.48 Å². The highest BCUT2D eigenvalue weighted by atomic mass is 32.4. The molecule has 0 N–H and O–H groups in total. The van der Waals surface area contributed by atoms with Crippen LogP contribution in [0.5, 0.6) is 0 Å². The Morgan fingerprint density at radius 2 is 1.29 bits per heavy atom. The van der Waals surface area contributed by atoms with Crippen molar-refractivity contribution in [2.24, 2.45) is 0 Å². The smallest absolute Gasteiger partial charge is 0.0751 e. The molecule has 184 valence electrons. The molecule has 3 aromatic rings. The first-order valence-corrected chi connectivity index (χ1v) is 18.5. The van der Waals surface area contributed by atoms with Gasteiger partial charge < -0.3 is 4.90 Å². The number of hydrogen-bond acceptors (Lipinski definition) is 3. The van der Waals surface area contributed by atoms with Crippen LogP contribution in [-0.4, -0.2) is 24.4 Å². The van der Waals surface area contributed by atoms with E-state index in [1.165, 1.54) is 55.0 Å². The average Bonchev–Trinajstić information content (AvgIpc) is 2.79. The molecule has 2 unspecified atom stereocenters. The van der Waals surface area contributed by atoms with Crippen LogP contribution in [-0.2, 0) is 29.0 Å². The summed E-state index contributed by atoms with van der Waals surface area (Å²) < 4.78 is 2.56. The van der Waals surface area contributed by atoms with Gasteiger partial charge in [0.1, 0.15) is 0 Å². The molecule has 0 fully saturated rings. The lowest BCUT2D eigenvalue weighted by Gasteiger charge is -2.49. The normalized spacial score (nSPS) is 22.6. The maximum Gasteiger partial charge on any atom is 0.0751 e. The minimum Gasteiger partial charge on any atom is -0.308 e. The lowest BCUT2D eigenvalue weighted by Crippen LogP contribution is -2.46. The first-order valence-electron chi connectivity index (χ1n) is 12.5. The number of fused-ring (bicyclic) bond motifs is 4. The Morgan fingerprint density at radius 1 is 0.771 bits per heavy atom. The second-order valence-electron chi connectivity index (χ2n) is 11.1. The van der Waals surface area contributed by atoms with Crippen molar-refractivity contribution < 1.29 is 0 Å². The zero-order chi connectivity index (χ0) is 25.5. The van der Waals surface area contributed by atoms with Crippen LogP contribution in [0.3, 0.4) is 0 Å². The quantitative estimate of drug-likeness (QED) is 0.354. The summed E-state index contributed by atoms with van der Waals surface area (Å²) in [4.78, 5) is 2.50. The van der Waals surface area contributed by atoms with Gasteiger partial charge in [-0.1, -0.05) is 81.5 Å². The average molecular weight is 539 g/mol. The summed E-state index contributed by atoms with van der Waals surface area (Å²) in [6.45, 7) is 20.0. The maximum atomic E-state index is 6.89. The number of rotatable bonds is 3. The fourth-order valence-corrected chi connectivity index (χ4v) is 13.8. The minimum atomic E-state index is -2.25. The maximum absolute atomic E-state index is 6.89. The van der Waals surface area contributed by atoms with Crippen LogP contribution in [0.4, 0.5) is 17.1 Å². The van der Waals surface area contributed by atoms with Crippen molar-refractivity contribution in [1.82, 2.24) is 4.67 Å². The third-order valence-electron chi connectivity index (χ3n) is 7.60. The predicted molar refractivity (Wildman–Crippen MR) is 165 cm³/mol. The molecule has 2 nitrogen and oxygen atoms in total. The minimum absolute atomic E-state index is 0.00881. The van der Waals surface area contributed by atoms with Crippen molar-refractivity contribution in [2.75, 3.05) is 24.7 Å². The molecule has 0 saturated heterocycles. The Bertz CT molecular complexity index is 1460. The Kier molecular flexibility index (Phi) is 6.07. The summed E-state index contributed by atoms with van der Waals surface area (Å²) in [6, 6.07) is 16.6. The van der Waals surface area contributed by atoms with Gasteiger partial charge in [-0.05, 0) is 67.9 Å². The first kappa shape index (κ1) is 25.4. The largest absolute Gasteiger partial charge is 0.308 e. The fraction of sp³-hybridized carbons (Fsp3) is 0.379. The Hall–Kier alpha value is -1.28. The third kappa shape index (κ3) is 3.59. The molecule has 0 saturated carbocycles. The first-order chi connectivity index (χ1) is 16.3. The second-order valence-corrected chi connectivity index (χ2v) is 20.3. The van der Waals surface area contributed by atoms with E-state index in [0.29, 0.717) is 0 Å². The van der Waals surface area contributed by atoms with E-state index in [1.54, 1.807) is 0 Å². The van der Waals surface area contributed by atoms with Crippen LogP contribution in [0.25, 0.3) is 0 Å². The van der Waals surface area contributed by atoms with Gasteiger partial charge in [0.25, 0.3) is 0 Å². The second kappa shape index (κ2) is 8.37.